The SMILES string of the molecule is CC(=O)Cc1ccc2c(c1)C(CO)c1ccccc1-2. The zero-order valence-electron chi connectivity index (χ0n) is 10.9. The Balaban J connectivity index is 2.12. The molecule has 0 saturated carbocycles. The molecule has 0 amide bonds. The van der Waals surface area contributed by atoms with E-state index in [0.717, 1.165) is 11.1 Å². The minimum atomic E-state index is 0.0399. The van der Waals surface area contributed by atoms with E-state index in [1.807, 2.05) is 18.2 Å². The predicted octanol–water partition coefficient (Wildman–Crippen LogP) is 2.92. The summed E-state index contributed by atoms with van der Waals surface area (Å²) in [6.45, 7) is 1.71. The average Bonchev–Trinajstić information content (AvgIpc) is 2.71. The largest absolute Gasteiger partial charge is 0.395 e. The fourth-order valence-electron chi connectivity index (χ4n) is 2.95. The van der Waals surface area contributed by atoms with Gasteiger partial charge in [0.2, 0.25) is 0 Å². The maximum absolute atomic E-state index is 11.2. The summed E-state index contributed by atoms with van der Waals surface area (Å²) in [6, 6.07) is 14.3. The summed E-state index contributed by atoms with van der Waals surface area (Å²) in [7, 11) is 0. The number of Topliss-reactive ketones (excluding diaryl/α,β-unsaturated/α-hetero) is 1. The summed E-state index contributed by atoms with van der Waals surface area (Å²) in [5, 5.41) is 9.67. The number of hydrogen-bond acceptors (Lipinski definition) is 2. The summed E-state index contributed by atoms with van der Waals surface area (Å²) < 4.78 is 0. The van der Waals surface area contributed by atoms with Crippen molar-refractivity contribution in [2.75, 3.05) is 6.61 Å². The lowest BCUT2D eigenvalue weighted by atomic mass is 9.95. The molecule has 96 valence electrons. The lowest BCUT2D eigenvalue weighted by Gasteiger charge is -2.10. The van der Waals surface area contributed by atoms with Crippen molar-refractivity contribution < 1.29 is 9.90 Å². The summed E-state index contributed by atoms with van der Waals surface area (Å²) in [6.07, 6.45) is 0.460. The van der Waals surface area contributed by atoms with E-state index in [9.17, 15) is 9.90 Å². The van der Waals surface area contributed by atoms with Gasteiger partial charge in [0.15, 0.2) is 0 Å². The van der Waals surface area contributed by atoms with Gasteiger partial charge in [-0.15, -0.1) is 0 Å². The summed E-state index contributed by atoms with van der Waals surface area (Å²) in [5.74, 6) is 0.203. The van der Waals surface area contributed by atoms with Gasteiger partial charge < -0.3 is 5.11 Å². The number of rotatable bonds is 3. The van der Waals surface area contributed by atoms with E-state index in [2.05, 4.69) is 24.3 Å². The van der Waals surface area contributed by atoms with Crippen LogP contribution >= 0.6 is 0 Å². The molecule has 2 heteroatoms. The van der Waals surface area contributed by atoms with Crippen LogP contribution in [0.5, 0.6) is 0 Å². The number of ketones is 1. The van der Waals surface area contributed by atoms with E-state index in [-0.39, 0.29) is 18.3 Å². The minimum absolute atomic E-state index is 0.0399. The standard InChI is InChI=1S/C17H16O2/c1-11(19)8-12-6-7-15-13-4-2-3-5-14(13)17(10-18)16(15)9-12/h2-7,9,17-18H,8,10H2,1H3. The molecular formula is C17H16O2. The van der Waals surface area contributed by atoms with Gasteiger partial charge in [-0.3, -0.25) is 4.79 Å². The molecule has 0 aliphatic heterocycles. The van der Waals surface area contributed by atoms with E-state index < -0.39 is 0 Å². The predicted molar refractivity (Wildman–Crippen MR) is 75.2 cm³/mol. The fraction of sp³-hybridized carbons (Fsp3) is 0.235. The van der Waals surface area contributed by atoms with Gasteiger partial charge in [-0.25, -0.2) is 0 Å². The van der Waals surface area contributed by atoms with Crippen molar-refractivity contribution in [2.24, 2.45) is 0 Å². The van der Waals surface area contributed by atoms with E-state index in [4.69, 9.17) is 0 Å². The first-order chi connectivity index (χ1) is 9.20. The van der Waals surface area contributed by atoms with Crippen LogP contribution in [0.3, 0.4) is 0 Å². The lowest BCUT2D eigenvalue weighted by molar-refractivity contribution is -0.116. The van der Waals surface area contributed by atoms with Gasteiger partial charge >= 0.3 is 0 Å². The number of carbonyl (C=O) groups excluding carboxylic acids is 1. The fourth-order valence-corrected chi connectivity index (χ4v) is 2.95. The molecule has 2 aromatic rings. The van der Waals surface area contributed by atoms with Crippen LogP contribution in [0.15, 0.2) is 42.5 Å². The van der Waals surface area contributed by atoms with Crippen LogP contribution in [0.2, 0.25) is 0 Å². The van der Waals surface area contributed by atoms with Crippen LogP contribution in [0, 0.1) is 0 Å². The van der Waals surface area contributed by atoms with Crippen LogP contribution in [-0.2, 0) is 11.2 Å². The van der Waals surface area contributed by atoms with E-state index >= 15 is 0 Å². The first-order valence-corrected chi connectivity index (χ1v) is 6.53. The highest BCUT2D eigenvalue weighted by Crippen LogP contribution is 2.44. The molecule has 0 aromatic heterocycles. The molecule has 2 aromatic carbocycles. The maximum atomic E-state index is 11.2. The minimum Gasteiger partial charge on any atom is -0.395 e. The molecule has 1 aliphatic carbocycles. The average molecular weight is 252 g/mol. The number of benzene rings is 2. The maximum Gasteiger partial charge on any atom is 0.134 e. The Morgan fingerprint density at radius 2 is 1.84 bits per heavy atom. The van der Waals surface area contributed by atoms with Gasteiger partial charge in [0.25, 0.3) is 0 Å². The first kappa shape index (κ1) is 12.1. The molecule has 19 heavy (non-hydrogen) atoms. The Kier molecular flexibility index (Phi) is 2.96. The van der Waals surface area contributed by atoms with E-state index in [1.165, 1.54) is 16.7 Å². The highest BCUT2D eigenvalue weighted by Gasteiger charge is 2.27. The highest BCUT2D eigenvalue weighted by molar-refractivity contribution is 5.81. The quantitative estimate of drug-likeness (QED) is 0.912. The van der Waals surface area contributed by atoms with E-state index in [1.54, 1.807) is 6.92 Å². The van der Waals surface area contributed by atoms with Crippen molar-refractivity contribution in [1.29, 1.82) is 0 Å². The number of hydrogen-bond donors (Lipinski definition) is 1. The number of aliphatic hydroxyl groups is 1. The molecule has 1 atom stereocenters. The second-order valence-corrected chi connectivity index (χ2v) is 5.12. The molecule has 1 aliphatic rings. The molecular weight excluding hydrogens is 236 g/mol. The van der Waals surface area contributed by atoms with E-state index in [0.29, 0.717) is 6.42 Å². The zero-order valence-corrected chi connectivity index (χ0v) is 10.9. The van der Waals surface area contributed by atoms with Gasteiger partial charge in [0.1, 0.15) is 5.78 Å². The van der Waals surface area contributed by atoms with Gasteiger partial charge in [0, 0.05) is 12.3 Å². The molecule has 0 heterocycles. The molecule has 1 N–H and O–H groups in total. The Hall–Kier alpha value is -1.93. The Bertz CT molecular complexity index is 643. The van der Waals surface area contributed by atoms with Crippen molar-refractivity contribution in [3.05, 3.63) is 59.2 Å². The third-order valence-electron chi connectivity index (χ3n) is 3.75. The molecule has 3 rings (SSSR count). The summed E-state index contributed by atoms with van der Waals surface area (Å²) >= 11 is 0. The van der Waals surface area contributed by atoms with Crippen molar-refractivity contribution in [1.82, 2.24) is 0 Å². The summed E-state index contributed by atoms with van der Waals surface area (Å²) in [5.41, 5.74) is 5.73. The number of aliphatic hydroxyl groups excluding tert-OH is 1. The molecule has 0 radical (unpaired) electrons. The topological polar surface area (TPSA) is 37.3 Å². The van der Waals surface area contributed by atoms with Gasteiger partial charge in [0.05, 0.1) is 6.61 Å². The Morgan fingerprint density at radius 3 is 2.58 bits per heavy atom. The Labute approximate surface area is 112 Å². The molecule has 0 spiro atoms. The van der Waals surface area contributed by atoms with Crippen LogP contribution in [0.4, 0.5) is 0 Å². The molecule has 0 fully saturated rings. The highest BCUT2D eigenvalue weighted by atomic mass is 16.3. The van der Waals surface area contributed by atoms with Crippen LogP contribution in [-0.4, -0.2) is 17.5 Å². The second-order valence-electron chi connectivity index (χ2n) is 5.12. The first-order valence-electron chi connectivity index (χ1n) is 6.53. The third-order valence-corrected chi connectivity index (χ3v) is 3.75. The van der Waals surface area contributed by atoms with Gasteiger partial charge in [-0.1, -0.05) is 42.5 Å². The van der Waals surface area contributed by atoms with Crippen molar-refractivity contribution >= 4 is 5.78 Å². The lowest BCUT2D eigenvalue weighted by Crippen LogP contribution is -2.03. The monoisotopic (exact) mass is 252 g/mol. The molecule has 2 nitrogen and oxygen atoms in total. The number of fused-ring (bicyclic) bond motifs is 3. The van der Waals surface area contributed by atoms with Crippen LogP contribution in [0.1, 0.15) is 29.5 Å². The summed E-state index contributed by atoms with van der Waals surface area (Å²) in [4.78, 5) is 11.2. The van der Waals surface area contributed by atoms with Crippen LogP contribution in [0.25, 0.3) is 11.1 Å². The zero-order chi connectivity index (χ0) is 13.4. The Morgan fingerprint density at radius 1 is 1.11 bits per heavy atom. The van der Waals surface area contributed by atoms with Crippen molar-refractivity contribution in [2.45, 2.75) is 19.3 Å². The molecule has 0 saturated heterocycles. The molecule has 0 bridgehead atoms. The molecule has 1 unspecified atom stereocenters. The van der Waals surface area contributed by atoms with Crippen molar-refractivity contribution in [3.63, 3.8) is 0 Å². The van der Waals surface area contributed by atoms with Gasteiger partial charge in [-0.05, 0) is 34.7 Å². The smallest absolute Gasteiger partial charge is 0.134 e. The normalized spacial score (nSPS) is 16.0. The van der Waals surface area contributed by atoms with Gasteiger partial charge in [-0.2, -0.15) is 0 Å². The third kappa shape index (κ3) is 1.98. The second kappa shape index (κ2) is 4.63. The number of carbonyl (C=O) groups is 1. The van der Waals surface area contributed by atoms with Crippen LogP contribution < -0.4 is 0 Å². The van der Waals surface area contributed by atoms with Crippen molar-refractivity contribution in [3.8, 4) is 11.1 Å².